The first-order valence-corrected chi connectivity index (χ1v) is 8.05. The van der Waals surface area contributed by atoms with E-state index in [1.54, 1.807) is 0 Å². The van der Waals surface area contributed by atoms with Gasteiger partial charge < -0.3 is 4.90 Å². The summed E-state index contributed by atoms with van der Waals surface area (Å²) in [4.78, 5) is 2.38. The fourth-order valence-electron chi connectivity index (χ4n) is 2.96. The summed E-state index contributed by atoms with van der Waals surface area (Å²) in [5.74, 6) is 0. The van der Waals surface area contributed by atoms with Gasteiger partial charge in [-0.25, -0.2) is 0 Å². The van der Waals surface area contributed by atoms with E-state index in [0.29, 0.717) is 6.04 Å². The number of hydrogen-bond acceptors (Lipinski definition) is 3. The van der Waals surface area contributed by atoms with Gasteiger partial charge in [0.25, 0.3) is 0 Å². The maximum absolute atomic E-state index is 9.80. The normalized spacial score (nSPS) is 14.1. The highest BCUT2D eigenvalue weighted by Crippen LogP contribution is 2.25. The molecule has 3 nitrogen and oxygen atoms in total. The maximum atomic E-state index is 9.80. The number of nitriles is 1. The number of nitrogens with one attached hydrogen (secondary N) is 1. The van der Waals surface area contributed by atoms with Gasteiger partial charge in [0.05, 0.1) is 6.07 Å². The predicted octanol–water partition coefficient (Wildman–Crippen LogP) is 3.53. The Morgan fingerprint density at radius 1 is 1.19 bits per heavy atom. The summed E-state index contributed by atoms with van der Waals surface area (Å²) in [5.41, 5.74) is 0.475. The van der Waals surface area contributed by atoms with Crippen LogP contribution >= 0.6 is 0 Å². The molecule has 21 heavy (non-hydrogen) atoms. The van der Waals surface area contributed by atoms with Crippen molar-refractivity contribution in [2.75, 3.05) is 20.1 Å². The minimum absolute atomic E-state index is 0.587. The fraction of sp³-hybridized carbons (Fsp3) is 0.611. The third-order valence-electron chi connectivity index (χ3n) is 4.34. The lowest BCUT2D eigenvalue weighted by Crippen LogP contribution is -2.44. The van der Waals surface area contributed by atoms with Crippen molar-refractivity contribution in [1.82, 2.24) is 10.2 Å². The average molecular weight is 287 g/mol. The SMILES string of the molecule is CCNC(C#N)(CCN(C)C(CC)CC)c1ccccc1. The largest absolute Gasteiger partial charge is 0.303 e. The van der Waals surface area contributed by atoms with Crippen LogP contribution in [0, 0.1) is 11.3 Å². The van der Waals surface area contributed by atoms with Crippen LogP contribution in [-0.2, 0) is 5.54 Å². The number of rotatable bonds is 9. The zero-order valence-corrected chi connectivity index (χ0v) is 13.9. The Morgan fingerprint density at radius 2 is 1.81 bits per heavy atom. The molecule has 0 radical (unpaired) electrons. The topological polar surface area (TPSA) is 39.1 Å². The summed E-state index contributed by atoms with van der Waals surface area (Å²) in [6, 6.07) is 13.2. The van der Waals surface area contributed by atoms with Crippen LogP contribution in [-0.4, -0.2) is 31.1 Å². The van der Waals surface area contributed by atoms with Gasteiger partial charge in [0, 0.05) is 12.6 Å². The van der Waals surface area contributed by atoms with E-state index < -0.39 is 5.54 Å². The lowest BCUT2D eigenvalue weighted by Gasteiger charge is -2.32. The van der Waals surface area contributed by atoms with E-state index in [1.165, 1.54) is 0 Å². The quantitative estimate of drug-likeness (QED) is 0.755. The van der Waals surface area contributed by atoms with Gasteiger partial charge in [-0.1, -0.05) is 51.1 Å². The molecule has 1 rings (SSSR count). The molecule has 1 aromatic carbocycles. The molecule has 0 aliphatic heterocycles. The molecular weight excluding hydrogens is 258 g/mol. The molecule has 0 saturated carbocycles. The van der Waals surface area contributed by atoms with Gasteiger partial charge in [-0.15, -0.1) is 0 Å². The lowest BCUT2D eigenvalue weighted by molar-refractivity contribution is 0.206. The van der Waals surface area contributed by atoms with Crippen LogP contribution in [0.2, 0.25) is 0 Å². The van der Waals surface area contributed by atoms with Crippen molar-refractivity contribution in [3.05, 3.63) is 35.9 Å². The first-order valence-electron chi connectivity index (χ1n) is 8.05. The first kappa shape index (κ1) is 17.7. The smallest absolute Gasteiger partial charge is 0.133 e. The van der Waals surface area contributed by atoms with Crippen molar-refractivity contribution in [3.63, 3.8) is 0 Å². The molecule has 1 aromatic rings. The Hall–Kier alpha value is -1.37. The van der Waals surface area contributed by atoms with Gasteiger partial charge in [-0.3, -0.25) is 5.32 Å². The first-order chi connectivity index (χ1) is 10.1. The van der Waals surface area contributed by atoms with Crippen LogP contribution in [0.4, 0.5) is 0 Å². The molecule has 1 N–H and O–H groups in total. The minimum atomic E-state index is -0.587. The zero-order chi connectivity index (χ0) is 15.7. The molecule has 1 unspecified atom stereocenters. The average Bonchev–Trinajstić information content (AvgIpc) is 2.53. The second kappa shape index (κ2) is 8.81. The molecule has 1 atom stereocenters. The van der Waals surface area contributed by atoms with Crippen LogP contribution in [0.5, 0.6) is 0 Å². The van der Waals surface area contributed by atoms with Crippen LogP contribution in [0.25, 0.3) is 0 Å². The molecule has 0 aliphatic rings. The van der Waals surface area contributed by atoms with Crippen molar-refractivity contribution in [2.24, 2.45) is 0 Å². The van der Waals surface area contributed by atoms with Crippen molar-refractivity contribution in [1.29, 1.82) is 5.26 Å². The standard InChI is InChI=1S/C18H29N3/c1-5-17(6-2)21(4)14-13-18(15-19,20-7-3)16-11-9-8-10-12-16/h8-12,17,20H,5-7,13-14H2,1-4H3. The van der Waals surface area contributed by atoms with Crippen LogP contribution in [0.1, 0.15) is 45.6 Å². The van der Waals surface area contributed by atoms with Gasteiger partial charge in [-0.05, 0) is 38.4 Å². The van der Waals surface area contributed by atoms with Crippen molar-refractivity contribution >= 4 is 0 Å². The Morgan fingerprint density at radius 3 is 2.29 bits per heavy atom. The van der Waals surface area contributed by atoms with E-state index in [2.05, 4.69) is 44.1 Å². The van der Waals surface area contributed by atoms with E-state index in [1.807, 2.05) is 30.3 Å². The van der Waals surface area contributed by atoms with Crippen LogP contribution in [0.3, 0.4) is 0 Å². The van der Waals surface area contributed by atoms with E-state index >= 15 is 0 Å². The van der Waals surface area contributed by atoms with Gasteiger partial charge >= 0.3 is 0 Å². The monoisotopic (exact) mass is 287 g/mol. The number of nitrogens with zero attached hydrogens (tertiary/aromatic N) is 2. The highest BCUT2D eigenvalue weighted by Gasteiger charge is 2.31. The van der Waals surface area contributed by atoms with E-state index in [4.69, 9.17) is 0 Å². The Balaban J connectivity index is 2.87. The van der Waals surface area contributed by atoms with Crippen molar-refractivity contribution in [3.8, 4) is 6.07 Å². The third-order valence-corrected chi connectivity index (χ3v) is 4.34. The number of hydrogen-bond donors (Lipinski definition) is 1. The molecule has 0 amide bonds. The summed E-state index contributed by atoms with van der Waals surface area (Å²) in [6.45, 7) is 8.21. The highest BCUT2D eigenvalue weighted by molar-refractivity contribution is 5.31. The summed E-state index contributed by atoms with van der Waals surface area (Å²) in [5, 5.41) is 13.2. The molecule has 0 aliphatic carbocycles. The summed E-state index contributed by atoms with van der Waals surface area (Å²) in [7, 11) is 2.16. The Bertz CT molecular complexity index is 434. The molecule has 0 aromatic heterocycles. The Labute approximate surface area is 130 Å². The highest BCUT2D eigenvalue weighted by atomic mass is 15.1. The van der Waals surface area contributed by atoms with E-state index in [-0.39, 0.29) is 0 Å². The van der Waals surface area contributed by atoms with Gasteiger partial charge in [-0.2, -0.15) is 5.26 Å². The molecule has 0 fully saturated rings. The van der Waals surface area contributed by atoms with Crippen molar-refractivity contribution < 1.29 is 0 Å². The molecule has 0 spiro atoms. The molecule has 0 heterocycles. The van der Waals surface area contributed by atoms with Crippen LogP contribution < -0.4 is 5.32 Å². The fourth-order valence-corrected chi connectivity index (χ4v) is 2.96. The van der Waals surface area contributed by atoms with Gasteiger partial charge in [0.15, 0.2) is 0 Å². The van der Waals surface area contributed by atoms with E-state index in [0.717, 1.165) is 37.9 Å². The summed E-state index contributed by atoms with van der Waals surface area (Å²) >= 11 is 0. The molecule has 0 bridgehead atoms. The summed E-state index contributed by atoms with van der Waals surface area (Å²) < 4.78 is 0. The molecule has 116 valence electrons. The second-order valence-corrected chi connectivity index (χ2v) is 5.61. The molecular formula is C18H29N3. The Kier molecular flexibility index (Phi) is 7.42. The molecule has 3 heteroatoms. The van der Waals surface area contributed by atoms with Gasteiger partial charge in [0.2, 0.25) is 0 Å². The van der Waals surface area contributed by atoms with Gasteiger partial charge in [0.1, 0.15) is 5.54 Å². The lowest BCUT2D eigenvalue weighted by atomic mass is 9.87. The summed E-state index contributed by atoms with van der Waals surface area (Å²) in [6.07, 6.45) is 3.10. The third kappa shape index (κ3) is 4.56. The second-order valence-electron chi connectivity index (χ2n) is 5.61. The van der Waals surface area contributed by atoms with E-state index in [9.17, 15) is 5.26 Å². The number of benzene rings is 1. The minimum Gasteiger partial charge on any atom is -0.303 e. The predicted molar refractivity (Wildman–Crippen MR) is 89.0 cm³/mol. The van der Waals surface area contributed by atoms with Crippen LogP contribution in [0.15, 0.2) is 30.3 Å². The zero-order valence-electron chi connectivity index (χ0n) is 13.9. The van der Waals surface area contributed by atoms with Crippen molar-refractivity contribution in [2.45, 2.75) is 51.6 Å². The maximum Gasteiger partial charge on any atom is 0.133 e. The molecule has 0 saturated heterocycles.